The molecule has 3 atom stereocenters. The average Bonchev–Trinajstić information content (AvgIpc) is 3.00. The Balaban J connectivity index is 1.66. The lowest BCUT2D eigenvalue weighted by Gasteiger charge is -2.27. The Labute approximate surface area is 127 Å². The van der Waals surface area contributed by atoms with Gasteiger partial charge in [-0.15, -0.1) is 0 Å². The quantitative estimate of drug-likeness (QED) is 0.730. The van der Waals surface area contributed by atoms with Gasteiger partial charge < -0.3 is 5.11 Å². The zero-order valence-electron chi connectivity index (χ0n) is 12.9. The summed E-state index contributed by atoms with van der Waals surface area (Å²) < 4.78 is 0. The molecule has 0 aromatic carbocycles. The molecule has 1 saturated heterocycles. The molecule has 3 unspecified atom stereocenters. The number of hydrazine groups is 1. The number of nitrogens with zero attached hydrogens (tertiary/aromatic N) is 1. The zero-order valence-corrected chi connectivity index (χ0v) is 12.9. The third kappa shape index (κ3) is 3.32. The Bertz CT molecular complexity index is 410. The maximum Gasteiger partial charge on any atom is 0.311 e. The number of nitrogens with one attached hydrogen (secondary N) is 1. The molecule has 118 valence electrons. The largest absolute Gasteiger partial charge is 0.481 e. The van der Waals surface area contributed by atoms with Gasteiger partial charge in [0.2, 0.25) is 0 Å². The summed E-state index contributed by atoms with van der Waals surface area (Å²) in [5.74, 6) is -0.404. The van der Waals surface area contributed by atoms with Crippen LogP contribution in [0.25, 0.3) is 0 Å². The number of carbonyl (C=O) groups is 1. The van der Waals surface area contributed by atoms with Crippen LogP contribution in [-0.4, -0.2) is 35.2 Å². The van der Waals surface area contributed by atoms with Crippen LogP contribution in [0.4, 0.5) is 0 Å². The molecule has 0 aromatic heterocycles. The highest BCUT2D eigenvalue weighted by atomic mass is 16.4. The first-order valence-electron chi connectivity index (χ1n) is 8.62. The standard InChI is InChI=1S/C17H28N2O2/c20-16(21)17-12-14(17)8-5-3-1-2-4-6-9-15-10-7-11-19(15)18-13-17/h5,8,14-15,18H,1-4,6-7,9-13H2,(H,20,21)/b8-5-. The van der Waals surface area contributed by atoms with Gasteiger partial charge in [-0.3, -0.25) is 10.2 Å². The van der Waals surface area contributed by atoms with Gasteiger partial charge in [-0.05, 0) is 44.4 Å². The lowest BCUT2D eigenvalue weighted by Crippen LogP contribution is -2.46. The number of carboxylic acid groups (broad SMARTS) is 1. The van der Waals surface area contributed by atoms with E-state index in [-0.39, 0.29) is 5.92 Å². The topological polar surface area (TPSA) is 52.6 Å². The second-order valence-corrected chi connectivity index (χ2v) is 7.02. The second-order valence-electron chi connectivity index (χ2n) is 7.02. The van der Waals surface area contributed by atoms with Crippen LogP contribution in [0.3, 0.4) is 0 Å². The predicted octanol–water partition coefficient (Wildman–Crippen LogP) is 2.96. The Hall–Kier alpha value is -0.870. The van der Waals surface area contributed by atoms with Gasteiger partial charge in [-0.25, -0.2) is 5.01 Å². The van der Waals surface area contributed by atoms with E-state index in [9.17, 15) is 9.90 Å². The van der Waals surface area contributed by atoms with Crippen LogP contribution in [0.2, 0.25) is 0 Å². The zero-order chi connectivity index (χ0) is 14.7. The first-order valence-corrected chi connectivity index (χ1v) is 8.62. The van der Waals surface area contributed by atoms with Crippen molar-refractivity contribution >= 4 is 5.97 Å². The van der Waals surface area contributed by atoms with Gasteiger partial charge in [0.05, 0.1) is 5.41 Å². The van der Waals surface area contributed by atoms with Gasteiger partial charge in [-0.2, -0.15) is 0 Å². The van der Waals surface area contributed by atoms with Crippen LogP contribution in [-0.2, 0) is 4.79 Å². The summed E-state index contributed by atoms with van der Waals surface area (Å²) in [6.07, 6.45) is 15.2. The fourth-order valence-electron chi connectivity index (χ4n) is 3.95. The third-order valence-corrected chi connectivity index (χ3v) is 5.56. The molecule has 1 aliphatic carbocycles. The maximum absolute atomic E-state index is 11.7. The van der Waals surface area contributed by atoms with Crippen LogP contribution in [0.1, 0.15) is 57.8 Å². The predicted molar refractivity (Wildman–Crippen MR) is 82.7 cm³/mol. The maximum atomic E-state index is 11.7. The van der Waals surface area contributed by atoms with E-state index in [2.05, 4.69) is 22.6 Å². The van der Waals surface area contributed by atoms with Crippen molar-refractivity contribution in [3.8, 4) is 0 Å². The first kappa shape index (κ1) is 15.0. The van der Waals surface area contributed by atoms with E-state index in [1.165, 1.54) is 44.9 Å². The van der Waals surface area contributed by atoms with Crippen molar-refractivity contribution in [2.45, 2.75) is 63.8 Å². The lowest BCUT2D eigenvalue weighted by molar-refractivity contribution is -0.144. The minimum Gasteiger partial charge on any atom is -0.481 e. The molecule has 4 heteroatoms. The normalized spacial score (nSPS) is 39.8. The van der Waals surface area contributed by atoms with Crippen molar-refractivity contribution in [3.05, 3.63) is 12.2 Å². The van der Waals surface area contributed by atoms with Crippen LogP contribution in [0.5, 0.6) is 0 Å². The highest BCUT2D eigenvalue weighted by Crippen LogP contribution is 2.53. The van der Waals surface area contributed by atoms with Gasteiger partial charge >= 0.3 is 5.97 Å². The third-order valence-electron chi connectivity index (χ3n) is 5.56. The van der Waals surface area contributed by atoms with Gasteiger partial charge in [-0.1, -0.05) is 31.4 Å². The van der Waals surface area contributed by atoms with E-state index in [4.69, 9.17) is 0 Å². The molecular formula is C17H28N2O2. The summed E-state index contributed by atoms with van der Waals surface area (Å²) in [6.45, 7) is 1.66. The summed E-state index contributed by atoms with van der Waals surface area (Å²) >= 11 is 0. The Morgan fingerprint density at radius 2 is 2.00 bits per heavy atom. The van der Waals surface area contributed by atoms with Gasteiger partial charge in [0, 0.05) is 19.1 Å². The van der Waals surface area contributed by atoms with E-state index in [1.807, 2.05) is 0 Å². The van der Waals surface area contributed by atoms with E-state index in [0.29, 0.717) is 12.6 Å². The molecule has 21 heavy (non-hydrogen) atoms. The van der Waals surface area contributed by atoms with Crippen LogP contribution >= 0.6 is 0 Å². The average molecular weight is 292 g/mol. The molecule has 3 aliphatic rings. The highest BCUT2D eigenvalue weighted by Gasteiger charge is 2.59. The summed E-state index contributed by atoms with van der Waals surface area (Å²) in [6, 6.07) is 0.617. The Morgan fingerprint density at radius 1 is 1.19 bits per heavy atom. The van der Waals surface area contributed by atoms with E-state index >= 15 is 0 Å². The van der Waals surface area contributed by atoms with Crippen LogP contribution < -0.4 is 5.43 Å². The number of rotatable bonds is 1. The SMILES string of the molecule is O=C(O)C12CNN3CCCC3CCCCCC/C=C\C1C2. The Morgan fingerprint density at radius 3 is 2.86 bits per heavy atom. The van der Waals surface area contributed by atoms with Gasteiger partial charge in [0.15, 0.2) is 0 Å². The number of aliphatic carboxylic acids is 1. The molecule has 1 saturated carbocycles. The van der Waals surface area contributed by atoms with Crippen molar-refractivity contribution in [2.75, 3.05) is 13.1 Å². The van der Waals surface area contributed by atoms with Gasteiger partial charge in [0.25, 0.3) is 0 Å². The molecule has 0 radical (unpaired) electrons. The molecule has 3 rings (SSSR count). The molecule has 0 amide bonds. The minimum absolute atomic E-state index is 0.228. The van der Waals surface area contributed by atoms with Crippen LogP contribution in [0, 0.1) is 11.3 Å². The highest BCUT2D eigenvalue weighted by molar-refractivity contribution is 5.79. The second kappa shape index (κ2) is 6.49. The van der Waals surface area contributed by atoms with E-state index < -0.39 is 11.4 Å². The molecule has 0 aromatic rings. The summed E-state index contributed by atoms with van der Waals surface area (Å²) in [5, 5.41) is 11.9. The van der Waals surface area contributed by atoms with Crippen molar-refractivity contribution in [1.82, 2.24) is 10.4 Å². The molecule has 2 heterocycles. The summed E-state index contributed by atoms with van der Waals surface area (Å²) in [5.41, 5.74) is 2.92. The number of carboxylic acids is 1. The number of allylic oxidation sites excluding steroid dienone is 2. The van der Waals surface area contributed by atoms with E-state index in [0.717, 1.165) is 19.4 Å². The smallest absolute Gasteiger partial charge is 0.311 e. The minimum atomic E-state index is -0.632. The van der Waals surface area contributed by atoms with Crippen molar-refractivity contribution in [1.29, 1.82) is 0 Å². The monoisotopic (exact) mass is 292 g/mol. The van der Waals surface area contributed by atoms with Gasteiger partial charge in [0.1, 0.15) is 0 Å². The van der Waals surface area contributed by atoms with Crippen LogP contribution in [0.15, 0.2) is 12.2 Å². The molecule has 4 nitrogen and oxygen atoms in total. The lowest BCUT2D eigenvalue weighted by atomic mass is 10.0. The summed E-state index contributed by atoms with van der Waals surface area (Å²) in [7, 11) is 0. The number of fused-ring (bicyclic) bond motifs is 2. The molecular weight excluding hydrogens is 264 g/mol. The first-order chi connectivity index (χ1) is 10.2. The fourth-order valence-corrected chi connectivity index (χ4v) is 3.95. The van der Waals surface area contributed by atoms with Crippen molar-refractivity contribution in [3.63, 3.8) is 0 Å². The molecule has 0 bridgehead atoms. The number of hydrogen-bond acceptors (Lipinski definition) is 3. The fraction of sp³-hybridized carbons (Fsp3) is 0.824. The number of hydrogen-bond donors (Lipinski definition) is 2. The molecule has 2 N–H and O–H groups in total. The van der Waals surface area contributed by atoms with Crippen molar-refractivity contribution < 1.29 is 9.90 Å². The summed E-state index contributed by atoms with van der Waals surface area (Å²) in [4.78, 5) is 11.7. The molecule has 2 aliphatic heterocycles. The molecule has 2 fully saturated rings. The van der Waals surface area contributed by atoms with E-state index in [1.54, 1.807) is 0 Å². The Kier molecular flexibility index (Phi) is 4.65. The molecule has 0 spiro atoms. The van der Waals surface area contributed by atoms with Crippen molar-refractivity contribution in [2.24, 2.45) is 11.3 Å².